The van der Waals surface area contributed by atoms with Crippen LogP contribution < -0.4 is 16.0 Å². The maximum atomic E-state index is 12.5. The molecule has 0 bridgehead atoms. The molecule has 1 aromatic carbocycles. The fourth-order valence-electron chi connectivity index (χ4n) is 3.42. The highest BCUT2D eigenvalue weighted by molar-refractivity contribution is 5.49. The van der Waals surface area contributed by atoms with E-state index < -0.39 is 23.2 Å². The summed E-state index contributed by atoms with van der Waals surface area (Å²) in [5, 5.41) is 21.2. The Kier molecular flexibility index (Phi) is 4.59. The number of hydrogen-bond donors (Lipinski definition) is 3. The van der Waals surface area contributed by atoms with Crippen molar-refractivity contribution in [1.29, 1.82) is 0 Å². The highest BCUT2D eigenvalue weighted by atomic mass is 16.5. The average Bonchev–Trinajstić information content (AvgIpc) is 3.13. The van der Waals surface area contributed by atoms with Crippen LogP contribution in [0.3, 0.4) is 0 Å². The van der Waals surface area contributed by atoms with E-state index >= 15 is 0 Å². The van der Waals surface area contributed by atoms with Gasteiger partial charge in [0.05, 0.1) is 26.0 Å². The van der Waals surface area contributed by atoms with E-state index in [0.29, 0.717) is 22.6 Å². The number of aryl methyl sites for hydroxylation is 1. The Morgan fingerprint density at radius 1 is 1.24 bits per heavy atom. The summed E-state index contributed by atoms with van der Waals surface area (Å²) in [4.78, 5) is 31.2. The Labute approximate surface area is 164 Å². The van der Waals surface area contributed by atoms with Gasteiger partial charge in [-0.25, -0.2) is 4.79 Å². The zero-order chi connectivity index (χ0) is 20.7. The number of aromatic amines is 1. The number of pyridine rings is 1. The quantitative estimate of drug-likeness (QED) is 0.606. The molecule has 3 heterocycles. The van der Waals surface area contributed by atoms with Gasteiger partial charge < -0.3 is 19.7 Å². The molecule has 0 fully saturated rings. The number of nitrogens with one attached hydrogen (secondary N) is 1. The average molecular weight is 397 g/mol. The van der Waals surface area contributed by atoms with Gasteiger partial charge >= 0.3 is 5.69 Å². The molecule has 9 nitrogen and oxygen atoms in total. The van der Waals surface area contributed by atoms with Crippen LogP contribution in [0.2, 0.25) is 0 Å². The molecule has 2 aromatic heterocycles. The van der Waals surface area contributed by atoms with E-state index in [4.69, 9.17) is 9.47 Å². The first-order chi connectivity index (χ1) is 13.9. The fraction of sp³-hybridized carbons (Fsp3) is 0.250. The molecular formula is C20H19N3O6. The summed E-state index contributed by atoms with van der Waals surface area (Å²) in [5.74, 6) is 0.0425. The monoisotopic (exact) mass is 397 g/mol. The third-order valence-corrected chi connectivity index (χ3v) is 4.99. The number of nitrogens with zero attached hydrogens (tertiary/aromatic N) is 2. The van der Waals surface area contributed by atoms with E-state index in [1.807, 2.05) is 0 Å². The van der Waals surface area contributed by atoms with Crippen LogP contribution in [0.15, 0.2) is 40.1 Å². The lowest BCUT2D eigenvalue weighted by atomic mass is 10.00. The zero-order valence-corrected chi connectivity index (χ0v) is 15.8. The summed E-state index contributed by atoms with van der Waals surface area (Å²) in [5.41, 5.74) is 0.416. The molecule has 0 radical (unpaired) electrons. The summed E-state index contributed by atoms with van der Waals surface area (Å²) in [6, 6.07) is 6.96. The van der Waals surface area contributed by atoms with Crippen LogP contribution >= 0.6 is 0 Å². The molecule has 4 rings (SSSR count). The van der Waals surface area contributed by atoms with Gasteiger partial charge in [0.15, 0.2) is 0 Å². The van der Waals surface area contributed by atoms with Crippen molar-refractivity contribution in [2.24, 2.45) is 0 Å². The van der Waals surface area contributed by atoms with Gasteiger partial charge in [0.1, 0.15) is 23.2 Å². The normalized spacial score (nSPS) is 15.3. The van der Waals surface area contributed by atoms with Crippen LogP contribution in [-0.2, 0) is 17.9 Å². The maximum absolute atomic E-state index is 12.5. The van der Waals surface area contributed by atoms with Gasteiger partial charge in [0, 0.05) is 17.3 Å². The number of H-pyrrole nitrogens is 1. The van der Waals surface area contributed by atoms with Crippen molar-refractivity contribution in [3.8, 4) is 17.4 Å². The highest BCUT2D eigenvalue weighted by Gasteiger charge is 2.34. The van der Waals surface area contributed by atoms with Gasteiger partial charge in [-0.05, 0) is 24.6 Å². The van der Waals surface area contributed by atoms with Crippen molar-refractivity contribution in [3.05, 3.63) is 79.2 Å². The van der Waals surface area contributed by atoms with Crippen LogP contribution in [0.4, 0.5) is 0 Å². The minimum absolute atomic E-state index is 0.0272. The number of methoxy groups -OCH3 is 1. The number of aromatic nitrogens is 3. The van der Waals surface area contributed by atoms with Crippen molar-refractivity contribution < 1.29 is 19.7 Å². The van der Waals surface area contributed by atoms with Gasteiger partial charge in [-0.2, -0.15) is 0 Å². The van der Waals surface area contributed by atoms with Gasteiger partial charge in [0.25, 0.3) is 5.56 Å². The fourth-order valence-corrected chi connectivity index (χ4v) is 3.42. The summed E-state index contributed by atoms with van der Waals surface area (Å²) >= 11 is 0. The Hall–Kier alpha value is -3.59. The summed E-state index contributed by atoms with van der Waals surface area (Å²) in [7, 11) is 1.55. The van der Waals surface area contributed by atoms with E-state index in [-0.39, 0.29) is 24.5 Å². The number of aromatic hydroxyl groups is 2. The molecular weight excluding hydrogens is 378 g/mol. The second-order valence-corrected chi connectivity index (χ2v) is 6.75. The predicted molar refractivity (Wildman–Crippen MR) is 102 cm³/mol. The lowest BCUT2D eigenvalue weighted by Gasteiger charge is -2.17. The first kappa shape index (κ1) is 18.8. The molecule has 9 heteroatoms. The first-order valence-electron chi connectivity index (χ1n) is 8.88. The molecule has 0 saturated carbocycles. The maximum Gasteiger partial charge on any atom is 0.331 e. The molecule has 1 aliphatic heterocycles. The second kappa shape index (κ2) is 7.10. The summed E-state index contributed by atoms with van der Waals surface area (Å²) < 4.78 is 11.8. The molecule has 150 valence electrons. The number of hydrogen-bond acceptors (Lipinski definition) is 7. The molecule has 0 saturated heterocycles. The minimum Gasteiger partial charge on any atom is -0.506 e. The molecule has 1 atom stereocenters. The smallest absolute Gasteiger partial charge is 0.331 e. The minimum atomic E-state index is -1.02. The number of fused-ring (bicyclic) bond motifs is 1. The van der Waals surface area contributed by atoms with Crippen molar-refractivity contribution >= 4 is 0 Å². The highest BCUT2D eigenvalue weighted by Crippen LogP contribution is 2.42. The molecule has 3 N–H and O–H groups in total. The van der Waals surface area contributed by atoms with Crippen LogP contribution in [-0.4, -0.2) is 31.9 Å². The van der Waals surface area contributed by atoms with Gasteiger partial charge in [-0.3, -0.25) is 19.3 Å². The lowest BCUT2D eigenvalue weighted by molar-refractivity contribution is 0.0888. The second-order valence-electron chi connectivity index (χ2n) is 6.75. The molecule has 1 unspecified atom stereocenters. The van der Waals surface area contributed by atoms with E-state index in [1.165, 1.54) is 0 Å². The molecule has 3 aromatic rings. The third-order valence-electron chi connectivity index (χ3n) is 4.99. The third kappa shape index (κ3) is 3.15. The molecule has 1 aliphatic rings. The molecule has 0 aliphatic carbocycles. The van der Waals surface area contributed by atoms with E-state index in [2.05, 4.69) is 9.97 Å². The van der Waals surface area contributed by atoms with Crippen LogP contribution in [0.5, 0.6) is 17.4 Å². The zero-order valence-electron chi connectivity index (χ0n) is 15.8. The van der Waals surface area contributed by atoms with Crippen molar-refractivity contribution in [3.63, 3.8) is 0 Å². The SMILES string of the molecule is COc1ccc(Cn2c(O)c(C3OCc4cnc(C)c(O)c43)c(=O)[nH]c2=O)cc1. The largest absolute Gasteiger partial charge is 0.506 e. The van der Waals surface area contributed by atoms with Crippen molar-refractivity contribution in [1.82, 2.24) is 14.5 Å². The Balaban J connectivity index is 1.81. The van der Waals surface area contributed by atoms with E-state index in [0.717, 1.165) is 10.1 Å². The van der Waals surface area contributed by atoms with Crippen molar-refractivity contribution in [2.45, 2.75) is 26.2 Å². The van der Waals surface area contributed by atoms with Crippen LogP contribution in [0, 0.1) is 6.92 Å². The van der Waals surface area contributed by atoms with Crippen LogP contribution in [0.1, 0.15) is 34.1 Å². The number of rotatable bonds is 4. The first-order valence-corrected chi connectivity index (χ1v) is 8.88. The Morgan fingerprint density at radius 2 is 1.97 bits per heavy atom. The predicted octanol–water partition coefficient (Wildman–Crippen LogP) is 1.33. The Morgan fingerprint density at radius 3 is 2.66 bits per heavy atom. The van der Waals surface area contributed by atoms with E-state index in [9.17, 15) is 19.8 Å². The van der Waals surface area contributed by atoms with Crippen molar-refractivity contribution in [2.75, 3.05) is 7.11 Å². The summed E-state index contributed by atoms with van der Waals surface area (Å²) in [6.07, 6.45) is 0.543. The van der Waals surface area contributed by atoms with Crippen LogP contribution in [0.25, 0.3) is 0 Å². The Bertz CT molecular complexity index is 1200. The standard InChI is InChI=1S/C20H19N3O6/c1-10-16(24)14-12(7-21-10)9-29-17(14)15-18(25)22-20(27)23(19(15)26)8-11-3-5-13(28-2)6-4-11/h3-7,17,24,26H,8-9H2,1-2H3,(H,22,25,27). The molecule has 0 spiro atoms. The molecule has 29 heavy (non-hydrogen) atoms. The molecule has 0 amide bonds. The van der Waals surface area contributed by atoms with Gasteiger partial charge in [-0.1, -0.05) is 12.1 Å². The van der Waals surface area contributed by atoms with E-state index in [1.54, 1.807) is 44.5 Å². The van der Waals surface area contributed by atoms with Gasteiger partial charge in [0.2, 0.25) is 5.88 Å². The number of ether oxygens (including phenoxy) is 2. The van der Waals surface area contributed by atoms with Gasteiger partial charge in [-0.15, -0.1) is 0 Å². The summed E-state index contributed by atoms with van der Waals surface area (Å²) in [6.45, 7) is 1.77. The number of benzene rings is 1. The topological polar surface area (TPSA) is 127 Å². The lowest BCUT2D eigenvalue weighted by Crippen LogP contribution is -2.33.